The Labute approximate surface area is 289 Å². The summed E-state index contributed by atoms with van der Waals surface area (Å²) in [6.45, 7) is 0. The molecule has 0 nitrogen and oxygen atoms in total. The number of fused-ring (bicyclic) bond motifs is 14. The van der Waals surface area contributed by atoms with Crippen LogP contribution in [0.3, 0.4) is 0 Å². The van der Waals surface area contributed by atoms with Gasteiger partial charge in [0.05, 0.1) is 0 Å². The molecule has 0 aliphatic carbocycles. The van der Waals surface area contributed by atoms with Crippen LogP contribution in [0, 0.1) is 0 Å². The van der Waals surface area contributed by atoms with E-state index in [2.05, 4.69) is 182 Å². The third-order valence-electron chi connectivity index (χ3n) is 11.0. The first-order chi connectivity index (χ1) is 24.8. The van der Waals surface area contributed by atoms with Crippen LogP contribution in [0.2, 0.25) is 0 Å². The van der Waals surface area contributed by atoms with Gasteiger partial charge < -0.3 is 0 Å². The molecule has 0 radical (unpaired) electrons. The van der Waals surface area contributed by atoms with Crippen molar-refractivity contribution in [2.45, 2.75) is 0 Å². The average Bonchev–Trinajstić information content (AvgIpc) is 3.19. The summed E-state index contributed by atoms with van der Waals surface area (Å²) >= 11 is 0. The van der Waals surface area contributed by atoms with Gasteiger partial charge in [0, 0.05) is 0 Å². The monoisotopic (exact) mass is 630 g/mol. The van der Waals surface area contributed by atoms with E-state index in [1.54, 1.807) is 0 Å². The molecule has 0 fully saturated rings. The van der Waals surface area contributed by atoms with E-state index in [1.807, 2.05) is 0 Å². The summed E-state index contributed by atoms with van der Waals surface area (Å²) in [6.07, 6.45) is 0. The van der Waals surface area contributed by atoms with Crippen molar-refractivity contribution in [1.82, 2.24) is 0 Å². The molecule has 50 heavy (non-hydrogen) atoms. The van der Waals surface area contributed by atoms with Gasteiger partial charge in [0.15, 0.2) is 0 Å². The highest BCUT2D eigenvalue weighted by molar-refractivity contribution is 6.39. The number of hydrogen-bond acceptors (Lipinski definition) is 0. The first-order valence-corrected chi connectivity index (χ1v) is 17.4. The molecule has 0 aromatic heterocycles. The minimum absolute atomic E-state index is 1.24. The molecule has 0 saturated carbocycles. The lowest BCUT2D eigenvalue weighted by molar-refractivity contribution is 1.69. The largest absolute Gasteiger partial charge is 0.0616 e. The number of benzene rings is 11. The molecular formula is C50H30. The summed E-state index contributed by atoms with van der Waals surface area (Å²) in [5.74, 6) is 0. The standard InChI is InChI=1S/C50H30/c1-2-16-33-31(14-1)15-13-27-37(33)48-43-25-11-9-23-41(43)47(42-24-10-12-26-44(42)48)32-28-29-45-46(30-32)36-19-5-8-22-40(36)49-38-20-6-3-17-34(38)35-18-4-7-21-39(35)50(45)49/h1-30H. The zero-order chi connectivity index (χ0) is 32.8. The molecule has 0 atom stereocenters. The summed E-state index contributed by atoms with van der Waals surface area (Å²) in [5, 5.41) is 20.7. The normalized spacial score (nSPS) is 12.0. The molecule has 0 amide bonds. The first-order valence-electron chi connectivity index (χ1n) is 17.4. The van der Waals surface area contributed by atoms with Gasteiger partial charge in [-0.15, -0.1) is 0 Å². The van der Waals surface area contributed by atoms with E-state index < -0.39 is 0 Å². The van der Waals surface area contributed by atoms with Gasteiger partial charge in [-0.1, -0.05) is 176 Å². The summed E-state index contributed by atoms with van der Waals surface area (Å²) in [5.41, 5.74) is 5.10. The molecule has 0 aliphatic heterocycles. The quantitative estimate of drug-likeness (QED) is 0.132. The summed E-state index contributed by atoms with van der Waals surface area (Å²) in [7, 11) is 0. The van der Waals surface area contributed by atoms with Crippen LogP contribution in [0.4, 0.5) is 0 Å². The Morgan fingerprint density at radius 3 is 1.14 bits per heavy atom. The highest BCUT2D eigenvalue weighted by atomic mass is 14.2. The second kappa shape index (κ2) is 10.5. The number of hydrogen-bond donors (Lipinski definition) is 0. The predicted molar refractivity (Wildman–Crippen MR) is 217 cm³/mol. The van der Waals surface area contributed by atoms with Crippen LogP contribution in [0.1, 0.15) is 0 Å². The van der Waals surface area contributed by atoms with Crippen molar-refractivity contribution < 1.29 is 0 Å². The Hall–Kier alpha value is -6.50. The van der Waals surface area contributed by atoms with Crippen molar-refractivity contribution in [3.8, 4) is 22.3 Å². The second-order valence-corrected chi connectivity index (χ2v) is 13.5. The lowest BCUT2D eigenvalue weighted by atomic mass is 9.83. The fourth-order valence-corrected chi connectivity index (χ4v) is 8.95. The molecule has 230 valence electrons. The van der Waals surface area contributed by atoms with Crippen LogP contribution in [0.25, 0.3) is 108 Å². The van der Waals surface area contributed by atoms with Gasteiger partial charge in [0.1, 0.15) is 0 Å². The smallest absolute Gasteiger partial charge is 0.00139 e. The van der Waals surface area contributed by atoms with E-state index in [1.165, 1.54) is 108 Å². The van der Waals surface area contributed by atoms with E-state index in [-0.39, 0.29) is 0 Å². The van der Waals surface area contributed by atoms with Crippen LogP contribution in [0.5, 0.6) is 0 Å². The third kappa shape index (κ3) is 3.76. The van der Waals surface area contributed by atoms with Crippen LogP contribution >= 0.6 is 0 Å². The first kappa shape index (κ1) is 27.5. The van der Waals surface area contributed by atoms with Gasteiger partial charge in [-0.3, -0.25) is 0 Å². The zero-order valence-electron chi connectivity index (χ0n) is 27.3. The lowest BCUT2D eigenvalue weighted by Crippen LogP contribution is -1.92. The van der Waals surface area contributed by atoms with E-state index in [0.29, 0.717) is 0 Å². The second-order valence-electron chi connectivity index (χ2n) is 13.5. The van der Waals surface area contributed by atoms with Crippen molar-refractivity contribution in [1.29, 1.82) is 0 Å². The molecular weight excluding hydrogens is 601 g/mol. The lowest BCUT2D eigenvalue weighted by Gasteiger charge is -2.20. The maximum absolute atomic E-state index is 2.47. The van der Waals surface area contributed by atoms with Gasteiger partial charge >= 0.3 is 0 Å². The van der Waals surface area contributed by atoms with Crippen molar-refractivity contribution in [3.63, 3.8) is 0 Å². The predicted octanol–water partition coefficient (Wildman–Crippen LogP) is 14.2. The Morgan fingerprint density at radius 1 is 0.220 bits per heavy atom. The fraction of sp³-hybridized carbons (Fsp3) is 0. The Kier molecular flexibility index (Phi) is 5.76. The minimum atomic E-state index is 1.24. The Bertz CT molecular complexity index is 3140. The summed E-state index contributed by atoms with van der Waals surface area (Å²) < 4.78 is 0. The van der Waals surface area contributed by atoms with Crippen molar-refractivity contribution in [2.75, 3.05) is 0 Å². The highest BCUT2D eigenvalue weighted by Crippen LogP contribution is 2.48. The van der Waals surface area contributed by atoms with Gasteiger partial charge in [0.2, 0.25) is 0 Å². The van der Waals surface area contributed by atoms with Crippen LogP contribution < -0.4 is 0 Å². The average molecular weight is 631 g/mol. The van der Waals surface area contributed by atoms with Crippen molar-refractivity contribution in [2.24, 2.45) is 0 Å². The fourth-order valence-electron chi connectivity index (χ4n) is 8.95. The van der Waals surface area contributed by atoms with Crippen LogP contribution in [-0.2, 0) is 0 Å². The molecule has 11 rings (SSSR count). The molecule has 0 N–H and O–H groups in total. The Balaban J connectivity index is 1.29. The van der Waals surface area contributed by atoms with Crippen molar-refractivity contribution >= 4 is 86.2 Å². The molecule has 0 aliphatic rings. The molecule has 0 heteroatoms. The third-order valence-corrected chi connectivity index (χ3v) is 11.0. The van der Waals surface area contributed by atoms with Gasteiger partial charge in [-0.2, -0.15) is 0 Å². The molecule has 0 heterocycles. The van der Waals surface area contributed by atoms with Crippen LogP contribution in [-0.4, -0.2) is 0 Å². The maximum atomic E-state index is 2.47. The molecule has 11 aromatic carbocycles. The van der Waals surface area contributed by atoms with Crippen LogP contribution in [0.15, 0.2) is 182 Å². The summed E-state index contributed by atoms with van der Waals surface area (Å²) in [4.78, 5) is 0. The minimum Gasteiger partial charge on any atom is -0.0616 e. The molecule has 0 bridgehead atoms. The SMILES string of the molecule is c1ccc2c(-c3c4ccccc4c(-c4ccc5c(c4)c4ccccc4c4c6ccccc6c6ccccc6c54)c4ccccc34)cccc2c1. The molecule has 0 spiro atoms. The van der Waals surface area contributed by atoms with Gasteiger partial charge in [-0.25, -0.2) is 0 Å². The topological polar surface area (TPSA) is 0 Å². The Morgan fingerprint density at radius 2 is 0.600 bits per heavy atom. The molecule has 0 unspecified atom stereocenters. The molecule has 11 aromatic rings. The van der Waals surface area contributed by atoms with E-state index in [0.717, 1.165) is 0 Å². The van der Waals surface area contributed by atoms with E-state index in [9.17, 15) is 0 Å². The van der Waals surface area contributed by atoms with Gasteiger partial charge in [0.25, 0.3) is 0 Å². The van der Waals surface area contributed by atoms with Gasteiger partial charge in [-0.05, 0) is 114 Å². The van der Waals surface area contributed by atoms with Crippen molar-refractivity contribution in [3.05, 3.63) is 182 Å². The van der Waals surface area contributed by atoms with E-state index >= 15 is 0 Å². The zero-order valence-corrected chi connectivity index (χ0v) is 27.3. The van der Waals surface area contributed by atoms with E-state index in [4.69, 9.17) is 0 Å². The highest BCUT2D eigenvalue weighted by Gasteiger charge is 2.20. The summed E-state index contributed by atoms with van der Waals surface area (Å²) in [6, 6.07) is 67.5. The molecule has 0 saturated heterocycles. The number of rotatable bonds is 2. The maximum Gasteiger partial charge on any atom is -0.00139 e.